The minimum absolute atomic E-state index is 0.0720. The van der Waals surface area contributed by atoms with Gasteiger partial charge in [-0.05, 0) is 31.0 Å². The minimum atomic E-state index is -0.373. The highest BCUT2D eigenvalue weighted by atomic mass is 19.1. The molecule has 1 fully saturated rings. The van der Waals surface area contributed by atoms with Gasteiger partial charge in [-0.15, -0.1) is 0 Å². The molecule has 6 nitrogen and oxygen atoms in total. The summed E-state index contributed by atoms with van der Waals surface area (Å²) < 4.78 is 17.1. The average molecular weight is 339 g/mol. The lowest BCUT2D eigenvalue weighted by atomic mass is 10.2. The Morgan fingerprint density at radius 2 is 2.12 bits per heavy atom. The first kappa shape index (κ1) is 15.6. The molecule has 1 aliphatic heterocycles. The Morgan fingerprint density at radius 3 is 2.92 bits per heavy atom. The van der Waals surface area contributed by atoms with Gasteiger partial charge in [-0.2, -0.15) is 10.2 Å². The molecule has 0 spiro atoms. The van der Waals surface area contributed by atoms with Gasteiger partial charge in [0, 0.05) is 25.1 Å². The molecule has 4 rings (SSSR count). The number of hydrogen-bond acceptors (Lipinski definition) is 3. The van der Waals surface area contributed by atoms with Gasteiger partial charge in [0.15, 0.2) is 0 Å². The van der Waals surface area contributed by atoms with Crippen LogP contribution in [0.3, 0.4) is 0 Å². The van der Waals surface area contributed by atoms with Crippen LogP contribution >= 0.6 is 0 Å². The Hall–Kier alpha value is -2.96. The zero-order chi connectivity index (χ0) is 17.2. The average Bonchev–Trinajstić information content (AvgIpc) is 3.37. The van der Waals surface area contributed by atoms with Crippen molar-refractivity contribution in [1.29, 1.82) is 0 Å². The van der Waals surface area contributed by atoms with E-state index in [1.807, 2.05) is 21.8 Å². The second-order valence-corrected chi connectivity index (χ2v) is 6.15. The van der Waals surface area contributed by atoms with Crippen LogP contribution < -0.4 is 0 Å². The van der Waals surface area contributed by atoms with Crippen molar-refractivity contribution >= 4 is 5.91 Å². The Balaban J connectivity index is 1.54. The van der Waals surface area contributed by atoms with Gasteiger partial charge >= 0.3 is 0 Å². The molecule has 1 aliphatic rings. The van der Waals surface area contributed by atoms with Crippen LogP contribution in [0, 0.1) is 5.82 Å². The smallest absolute Gasteiger partial charge is 0.257 e. The van der Waals surface area contributed by atoms with E-state index in [4.69, 9.17) is 0 Å². The van der Waals surface area contributed by atoms with Crippen LogP contribution in [0.1, 0.15) is 23.2 Å². The normalized spacial score (nSPS) is 17.2. The predicted octanol–water partition coefficient (Wildman–Crippen LogP) is 2.51. The first-order chi connectivity index (χ1) is 12.2. The Labute approximate surface area is 144 Å². The number of hydrogen-bond donors (Lipinski definition) is 0. The fourth-order valence-corrected chi connectivity index (χ4v) is 3.29. The highest BCUT2D eigenvalue weighted by Gasteiger charge is 2.30. The summed E-state index contributed by atoms with van der Waals surface area (Å²) in [6, 6.07) is 8.36. The van der Waals surface area contributed by atoms with E-state index >= 15 is 0 Å². The molecular weight excluding hydrogens is 321 g/mol. The molecule has 128 valence electrons. The van der Waals surface area contributed by atoms with Gasteiger partial charge in [0.25, 0.3) is 5.91 Å². The second-order valence-electron chi connectivity index (χ2n) is 6.15. The lowest BCUT2D eigenvalue weighted by molar-refractivity contribution is 0.0721. The number of para-hydroxylation sites is 1. The molecule has 1 atom stereocenters. The first-order valence-corrected chi connectivity index (χ1v) is 8.30. The number of likely N-dealkylation sites (tertiary alicyclic amines) is 1. The predicted molar refractivity (Wildman–Crippen MR) is 89.8 cm³/mol. The molecule has 0 bridgehead atoms. The van der Waals surface area contributed by atoms with Crippen molar-refractivity contribution in [1.82, 2.24) is 24.5 Å². The van der Waals surface area contributed by atoms with Crippen LogP contribution in [0.25, 0.3) is 5.69 Å². The highest BCUT2D eigenvalue weighted by molar-refractivity contribution is 5.94. The summed E-state index contributed by atoms with van der Waals surface area (Å²) in [5.41, 5.74) is 0.798. The van der Waals surface area contributed by atoms with E-state index in [-0.39, 0.29) is 17.8 Å². The summed E-state index contributed by atoms with van der Waals surface area (Å²) in [5.74, 6) is -0.445. The van der Waals surface area contributed by atoms with Crippen molar-refractivity contribution in [3.63, 3.8) is 0 Å². The Bertz CT molecular complexity index is 873. The number of rotatable bonds is 4. The molecule has 1 aromatic carbocycles. The van der Waals surface area contributed by atoms with Crippen LogP contribution in [0.2, 0.25) is 0 Å². The number of carbonyl (C=O) groups is 1. The molecule has 1 amide bonds. The molecule has 3 heterocycles. The lowest BCUT2D eigenvalue weighted by Crippen LogP contribution is -2.38. The highest BCUT2D eigenvalue weighted by Crippen LogP contribution is 2.22. The summed E-state index contributed by atoms with van der Waals surface area (Å²) in [5, 5.41) is 8.37. The van der Waals surface area contributed by atoms with E-state index < -0.39 is 0 Å². The third kappa shape index (κ3) is 3.05. The van der Waals surface area contributed by atoms with Crippen LogP contribution in [0.5, 0.6) is 0 Å². The van der Waals surface area contributed by atoms with Gasteiger partial charge in [0.1, 0.15) is 11.5 Å². The number of aromatic nitrogens is 4. The van der Waals surface area contributed by atoms with E-state index in [9.17, 15) is 9.18 Å². The Morgan fingerprint density at radius 1 is 1.24 bits per heavy atom. The van der Waals surface area contributed by atoms with Crippen LogP contribution in [-0.4, -0.2) is 43.0 Å². The maximum absolute atomic E-state index is 13.9. The molecule has 3 aromatic rings. The largest absolute Gasteiger partial charge is 0.334 e. The number of benzene rings is 1. The van der Waals surface area contributed by atoms with Crippen molar-refractivity contribution < 1.29 is 9.18 Å². The van der Waals surface area contributed by atoms with Gasteiger partial charge in [0.05, 0.1) is 24.3 Å². The Kier molecular flexibility index (Phi) is 4.05. The number of halogens is 1. The zero-order valence-corrected chi connectivity index (χ0v) is 13.6. The third-order valence-corrected chi connectivity index (χ3v) is 4.52. The van der Waals surface area contributed by atoms with Gasteiger partial charge in [-0.3, -0.25) is 9.48 Å². The molecule has 0 radical (unpaired) electrons. The lowest BCUT2D eigenvalue weighted by Gasteiger charge is -2.24. The summed E-state index contributed by atoms with van der Waals surface area (Å²) in [7, 11) is 0. The molecule has 2 aromatic heterocycles. The summed E-state index contributed by atoms with van der Waals surface area (Å²) in [4.78, 5) is 14.7. The maximum atomic E-state index is 13.9. The van der Waals surface area contributed by atoms with E-state index in [1.165, 1.54) is 16.9 Å². The third-order valence-electron chi connectivity index (χ3n) is 4.52. The van der Waals surface area contributed by atoms with E-state index in [1.54, 1.807) is 30.6 Å². The standard InChI is InChI=1S/C18H18FN5O/c19-16-6-1-2-7-17(16)24-12-14(11-21-24)18(25)23-10-3-5-15(23)13-22-9-4-8-20-22/h1-2,4,6-9,11-12,15H,3,5,10,13H2. The van der Waals surface area contributed by atoms with E-state index in [0.29, 0.717) is 17.8 Å². The van der Waals surface area contributed by atoms with Gasteiger partial charge in [-0.1, -0.05) is 12.1 Å². The summed E-state index contributed by atoms with van der Waals surface area (Å²) in [6.07, 6.45) is 8.64. The topological polar surface area (TPSA) is 56.0 Å². The van der Waals surface area contributed by atoms with Crippen LogP contribution in [0.15, 0.2) is 55.1 Å². The fourth-order valence-electron chi connectivity index (χ4n) is 3.29. The van der Waals surface area contributed by atoms with Crippen molar-refractivity contribution in [2.45, 2.75) is 25.4 Å². The van der Waals surface area contributed by atoms with Crippen LogP contribution in [-0.2, 0) is 6.54 Å². The SMILES string of the molecule is O=C(c1cnn(-c2ccccc2F)c1)N1CCCC1Cn1cccn1. The van der Waals surface area contributed by atoms with Crippen molar-refractivity contribution in [2.24, 2.45) is 0 Å². The molecule has 7 heteroatoms. The molecule has 25 heavy (non-hydrogen) atoms. The quantitative estimate of drug-likeness (QED) is 0.734. The van der Waals surface area contributed by atoms with Crippen molar-refractivity contribution in [2.75, 3.05) is 6.54 Å². The van der Waals surface area contributed by atoms with Crippen LogP contribution in [0.4, 0.5) is 4.39 Å². The molecule has 1 unspecified atom stereocenters. The van der Waals surface area contributed by atoms with E-state index in [0.717, 1.165) is 19.4 Å². The van der Waals surface area contributed by atoms with E-state index in [2.05, 4.69) is 10.2 Å². The van der Waals surface area contributed by atoms with Gasteiger partial charge < -0.3 is 4.90 Å². The van der Waals surface area contributed by atoms with Gasteiger partial charge in [-0.25, -0.2) is 9.07 Å². The maximum Gasteiger partial charge on any atom is 0.257 e. The molecular formula is C18H18FN5O. The summed E-state index contributed by atoms with van der Waals surface area (Å²) in [6.45, 7) is 1.40. The van der Waals surface area contributed by atoms with Crippen molar-refractivity contribution in [3.05, 3.63) is 66.5 Å². The fraction of sp³-hybridized carbons (Fsp3) is 0.278. The monoisotopic (exact) mass is 339 g/mol. The first-order valence-electron chi connectivity index (χ1n) is 8.30. The zero-order valence-electron chi connectivity index (χ0n) is 13.6. The molecule has 1 saturated heterocycles. The molecule has 0 saturated carbocycles. The van der Waals surface area contributed by atoms with Gasteiger partial charge in [0.2, 0.25) is 0 Å². The summed E-state index contributed by atoms with van der Waals surface area (Å²) >= 11 is 0. The van der Waals surface area contributed by atoms with Crippen molar-refractivity contribution in [3.8, 4) is 5.69 Å². The number of carbonyl (C=O) groups excluding carboxylic acids is 1. The molecule has 0 N–H and O–H groups in total. The number of nitrogens with zero attached hydrogens (tertiary/aromatic N) is 5. The minimum Gasteiger partial charge on any atom is -0.334 e. The molecule has 0 aliphatic carbocycles. The second kappa shape index (κ2) is 6.51. The number of amides is 1.